The molecule has 2 heterocycles. The number of ether oxygens (including phenoxy) is 1. The number of amides is 4. The highest BCUT2D eigenvalue weighted by molar-refractivity contribution is 6.04. The van der Waals surface area contributed by atoms with Crippen LogP contribution in [-0.2, 0) is 4.74 Å². The molecule has 210 valence electrons. The third-order valence-corrected chi connectivity index (χ3v) is 7.94. The number of benzene rings is 1. The number of fused-ring (bicyclic) bond motifs is 6. The number of pyridine rings is 1. The van der Waals surface area contributed by atoms with Crippen LogP contribution in [0.25, 0.3) is 0 Å². The van der Waals surface area contributed by atoms with Gasteiger partial charge < -0.3 is 26.0 Å². The third-order valence-electron chi connectivity index (χ3n) is 7.94. The third kappa shape index (κ3) is 5.98. The lowest BCUT2D eigenvalue weighted by Gasteiger charge is -2.33. The predicted molar refractivity (Wildman–Crippen MR) is 144 cm³/mol. The second-order valence-electron chi connectivity index (χ2n) is 10.6. The van der Waals surface area contributed by atoms with E-state index >= 15 is 0 Å². The second-order valence-corrected chi connectivity index (χ2v) is 10.6. The average molecular weight is 548 g/mol. The average Bonchev–Trinajstić information content (AvgIpc) is 2.98. The Hall–Kier alpha value is -4.28. The molecule has 0 unspecified atom stereocenters. The summed E-state index contributed by atoms with van der Waals surface area (Å²) in [7, 11) is 1.23. The lowest BCUT2D eigenvalue weighted by Crippen LogP contribution is -2.54. The second kappa shape index (κ2) is 11.8. The summed E-state index contributed by atoms with van der Waals surface area (Å²) in [6.07, 6.45) is 8.90. The van der Waals surface area contributed by atoms with Crippen molar-refractivity contribution < 1.29 is 28.7 Å². The van der Waals surface area contributed by atoms with Crippen LogP contribution in [0.3, 0.4) is 0 Å². The maximum Gasteiger partial charge on any atom is 0.337 e. The van der Waals surface area contributed by atoms with E-state index in [4.69, 9.17) is 4.74 Å². The molecule has 2 saturated carbocycles. The van der Waals surface area contributed by atoms with Gasteiger partial charge in [-0.1, -0.05) is 25.7 Å². The molecule has 3 aliphatic rings. The van der Waals surface area contributed by atoms with Crippen LogP contribution in [0.2, 0.25) is 0 Å². The Balaban J connectivity index is 1.54. The van der Waals surface area contributed by atoms with Crippen molar-refractivity contribution in [1.29, 1.82) is 0 Å². The van der Waals surface area contributed by atoms with Gasteiger partial charge >= 0.3 is 5.97 Å². The van der Waals surface area contributed by atoms with E-state index in [9.17, 15) is 24.0 Å². The van der Waals surface area contributed by atoms with Crippen LogP contribution in [0.5, 0.6) is 0 Å². The quantitative estimate of drug-likeness (QED) is 0.399. The summed E-state index contributed by atoms with van der Waals surface area (Å²) in [5.41, 5.74) is 0.829. The van der Waals surface area contributed by atoms with E-state index in [2.05, 4.69) is 26.3 Å². The van der Waals surface area contributed by atoms with Crippen molar-refractivity contribution in [3.63, 3.8) is 0 Å². The van der Waals surface area contributed by atoms with Crippen LogP contribution >= 0.6 is 0 Å². The molecule has 4 atom stereocenters. The van der Waals surface area contributed by atoms with Crippen LogP contribution in [0.1, 0.15) is 103 Å². The number of hydrogen-bond acceptors (Lipinski definition) is 7. The summed E-state index contributed by atoms with van der Waals surface area (Å²) in [4.78, 5) is 69.7. The molecule has 2 fully saturated rings. The molecule has 0 spiro atoms. The molecule has 4 N–H and O–H groups in total. The van der Waals surface area contributed by atoms with Crippen LogP contribution in [-0.4, -0.2) is 65.9 Å². The highest BCUT2D eigenvalue weighted by atomic mass is 16.5. The number of methoxy groups -OCH3 is 1. The van der Waals surface area contributed by atoms with Gasteiger partial charge in [0.2, 0.25) is 0 Å². The van der Waals surface area contributed by atoms with Crippen LogP contribution in [0.15, 0.2) is 36.7 Å². The zero-order valence-corrected chi connectivity index (χ0v) is 22.3. The highest BCUT2D eigenvalue weighted by Gasteiger charge is 2.32. The number of esters is 1. The molecule has 1 aliphatic heterocycles. The fourth-order valence-electron chi connectivity index (χ4n) is 5.77. The van der Waals surface area contributed by atoms with E-state index in [-0.39, 0.29) is 63.8 Å². The van der Waals surface area contributed by atoms with Crippen molar-refractivity contribution in [3.8, 4) is 0 Å². The van der Waals surface area contributed by atoms with Gasteiger partial charge in [0.15, 0.2) is 0 Å². The van der Waals surface area contributed by atoms with Gasteiger partial charge in [-0.2, -0.15) is 0 Å². The van der Waals surface area contributed by atoms with Gasteiger partial charge in [-0.3, -0.25) is 24.2 Å². The van der Waals surface area contributed by atoms with Gasteiger partial charge in [0, 0.05) is 47.7 Å². The highest BCUT2D eigenvalue weighted by Crippen LogP contribution is 2.23. The lowest BCUT2D eigenvalue weighted by atomic mass is 9.89. The molecule has 2 aromatic rings. The lowest BCUT2D eigenvalue weighted by molar-refractivity contribution is 0.0600. The van der Waals surface area contributed by atoms with Gasteiger partial charge in [0.05, 0.1) is 23.8 Å². The van der Waals surface area contributed by atoms with Crippen LogP contribution < -0.4 is 21.3 Å². The van der Waals surface area contributed by atoms with Gasteiger partial charge in [-0.15, -0.1) is 0 Å². The normalized spacial score (nSPS) is 25.4. The maximum absolute atomic E-state index is 13.4. The fourth-order valence-corrected chi connectivity index (χ4v) is 5.77. The Morgan fingerprint density at radius 2 is 0.975 bits per heavy atom. The minimum absolute atomic E-state index is 0.0719. The maximum atomic E-state index is 13.4. The van der Waals surface area contributed by atoms with Crippen molar-refractivity contribution in [3.05, 3.63) is 64.5 Å². The minimum Gasteiger partial charge on any atom is -0.465 e. The molecule has 40 heavy (non-hydrogen) atoms. The van der Waals surface area contributed by atoms with Crippen molar-refractivity contribution in [2.24, 2.45) is 0 Å². The number of rotatable bonds is 1. The molecular weight excluding hydrogens is 514 g/mol. The van der Waals surface area contributed by atoms with Crippen molar-refractivity contribution >= 4 is 29.6 Å². The van der Waals surface area contributed by atoms with E-state index < -0.39 is 17.8 Å². The molecule has 11 nitrogen and oxygen atoms in total. The molecule has 1 aromatic heterocycles. The molecule has 2 aliphatic carbocycles. The largest absolute Gasteiger partial charge is 0.465 e. The molecule has 0 radical (unpaired) electrons. The molecule has 11 heteroatoms. The zero-order valence-electron chi connectivity index (χ0n) is 22.3. The Morgan fingerprint density at radius 1 is 0.625 bits per heavy atom. The van der Waals surface area contributed by atoms with E-state index in [1.54, 1.807) is 0 Å². The summed E-state index contributed by atoms with van der Waals surface area (Å²) in [6, 6.07) is 4.31. The SMILES string of the molecule is COC(=O)c1cc2cc(c1)C(=O)N[C@@H]1CCCC[C@H]1NC(=O)c1cncc(c1)C(=O)N[C@@H]1CCCC[C@H]1NC2=O. The van der Waals surface area contributed by atoms with E-state index in [1.807, 2.05) is 0 Å². The Labute approximate surface area is 231 Å². The first-order valence-corrected chi connectivity index (χ1v) is 13.7. The van der Waals surface area contributed by atoms with Gasteiger partial charge in [0.1, 0.15) is 0 Å². The van der Waals surface area contributed by atoms with Crippen LogP contribution in [0, 0.1) is 0 Å². The van der Waals surface area contributed by atoms with Crippen molar-refractivity contribution in [2.45, 2.75) is 75.5 Å². The smallest absolute Gasteiger partial charge is 0.337 e. The Kier molecular flexibility index (Phi) is 8.09. The number of carbonyl (C=O) groups excluding carboxylic acids is 5. The predicted octanol–water partition coefficient (Wildman–Crippen LogP) is 2.12. The minimum atomic E-state index is -0.675. The molecule has 1 aromatic carbocycles. The summed E-state index contributed by atoms with van der Waals surface area (Å²) in [6.45, 7) is 0. The summed E-state index contributed by atoms with van der Waals surface area (Å²) >= 11 is 0. The van der Waals surface area contributed by atoms with Crippen molar-refractivity contribution in [2.75, 3.05) is 7.11 Å². The van der Waals surface area contributed by atoms with E-state index in [0.717, 1.165) is 25.7 Å². The van der Waals surface area contributed by atoms with E-state index in [1.165, 1.54) is 43.8 Å². The molecule has 4 bridgehead atoms. The summed E-state index contributed by atoms with van der Waals surface area (Å²) in [5.74, 6) is -2.36. The number of nitrogens with zero attached hydrogens (tertiary/aromatic N) is 1. The molecule has 4 amide bonds. The Morgan fingerprint density at radius 3 is 1.35 bits per heavy atom. The fraction of sp³-hybridized carbons (Fsp3) is 0.448. The summed E-state index contributed by atoms with van der Waals surface area (Å²) < 4.78 is 4.86. The first-order valence-electron chi connectivity index (χ1n) is 13.7. The molecule has 0 saturated heterocycles. The standard InChI is InChI=1S/C29H33N5O6/c1-40-29(39)18-11-16-10-17(12-18)26(36)32-22-7-3-5-9-24(22)34-28(38)20-13-19(14-30-15-20)27(37)33-23-8-4-2-6-21(23)31-25(16)35/h10-15,21-24H,2-9H2,1H3,(H,31,35)(H,32,36)(H,33,37)(H,34,38)/t21-,22-,23-,24-/m1/s1. The molecular formula is C29H33N5O6. The van der Waals surface area contributed by atoms with Crippen molar-refractivity contribution in [1.82, 2.24) is 26.3 Å². The molecule has 5 rings (SSSR count). The topological polar surface area (TPSA) is 156 Å². The Bertz CT molecular complexity index is 1260. The van der Waals surface area contributed by atoms with E-state index in [0.29, 0.717) is 25.7 Å². The number of hydrogen-bond donors (Lipinski definition) is 4. The number of carbonyl (C=O) groups is 5. The number of aromatic nitrogens is 1. The zero-order chi connectivity index (χ0) is 28.2. The first kappa shape index (κ1) is 27.3. The number of nitrogens with one attached hydrogen (secondary N) is 4. The monoisotopic (exact) mass is 547 g/mol. The van der Waals surface area contributed by atoms with Gasteiger partial charge in [0.25, 0.3) is 23.6 Å². The first-order chi connectivity index (χ1) is 19.3. The van der Waals surface area contributed by atoms with Gasteiger partial charge in [-0.05, 0) is 49.9 Å². The van der Waals surface area contributed by atoms with Gasteiger partial charge in [-0.25, -0.2) is 4.79 Å². The summed E-state index contributed by atoms with van der Waals surface area (Å²) in [5, 5.41) is 12.0. The van der Waals surface area contributed by atoms with Crippen LogP contribution in [0.4, 0.5) is 0 Å².